The van der Waals surface area contributed by atoms with Crippen LogP contribution in [0.1, 0.15) is 44.9 Å². The van der Waals surface area contributed by atoms with Crippen molar-refractivity contribution in [2.24, 2.45) is 29.4 Å². The van der Waals surface area contributed by atoms with Crippen molar-refractivity contribution in [1.82, 2.24) is 5.32 Å². The molecule has 0 aromatic heterocycles. The second-order valence-electron chi connectivity index (χ2n) is 6.39. The van der Waals surface area contributed by atoms with Crippen molar-refractivity contribution in [3.63, 3.8) is 0 Å². The predicted octanol–water partition coefficient (Wildman–Crippen LogP) is 1.67. The van der Waals surface area contributed by atoms with E-state index in [2.05, 4.69) is 5.32 Å². The molecule has 0 saturated heterocycles. The molecule has 17 heavy (non-hydrogen) atoms. The second kappa shape index (κ2) is 4.60. The first-order valence-corrected chi connectivity index (χ1v) is 7.27. The molecule has 0 spiro atoms. The number of nitrogens with one attached hydrogen (secondary N) is 1. The van der Waals surface area contributed by atoms with Gasteiger partial charge in [-0.05, 0) is 56.3 Å². The highest BCUT2D eigenvalue weighted by Crippen LogP contribution is 2.42. The van der Waals surface area contributed by atoms with E-state index in [9.17, 15) is 4.79 Å². The molecule has 0 radical (unpaired) electrons. The smallest absolute Gasteiger partial charge is 0.223 e. The first-order valence-electron chi connectivity index (χ1n) is 7.27. The van der Waals surface area contributed by atoms with E-state index in [4.69, 9.17) is 5.73 Å². The van der Waals surface area contributed by atoms with Crippen LogP contribution in [-0.4, -0.2) is 18.5 Å². The van der Waals surface area contributed by atoms with Crippen molar-refractivity contribution in [2.75, 3.05) is 6.54 Å². The molecule has 3 heteroatoms. The molecular weight excluding hydrogens is 212 g/mol. The van der Waals surface area contributed by atoms with Gasteiger partial charge in [-0.2, -0.15) is 0 Å². The number of amides is 1. The lowest BCUT2D eigenvalue weighted by molar-refractivity contribution is -0.127. The van der Waals surface area contributed by atoms with E-state index in [1.807, 2.05) is 0 Å². The van der Waals surface area contributed by atoms with Gasteiger partial charge in [-0.15, -0.1) is 0 Å². The van der Waals surface area contributed by atoms with Crippen LogP contribution in [0.3, 0.4) is 0 Å². The summed E-state index contributed by atoms with van der Waals surface area (Å²) in [5.41, 5.74) is 6.25. The summed E-state index contributed by atoms with van der Waals surface area (Å²) in [6.07, 6.45) is 8.48. The molecular formula is C14H24N2O. The molecule has 3 rings (SSSR count). The summed E-state index contributed by atoms with van der Waals surface area (Å²) in [4.78, 5) is 12.1. The number of fused-ring (bicyclic) bond motifs is 2. The number of carbonyl (C=O) groups is 1. The summed E-state index contributed by atoms with van der Waals surface area (Å²) in [6.45, 7) is 0.913. The highest BCUT2D eigenvalue weighted by atomic mass is 16.1. The lowest BCUT2D eigenvalue weighted by Crippen LogP contribution is -2.49. The van der Waals surface area contributed by atoms with Gasteiger partial charge in [0.2, 0.25) is 5.91 Å². The summed E-state index contributed by atoms with van der Waals surface area (Å²) in [6, 6.07) is 0.372. The molecule has 1 amide bonds. The number of hydrogen-bond acceptors (Lipinski definition) is 2. The zero-order valence-electron chi connectivity index (χ0n) is 10.5. The van der Waals surface area contributed by atoms with Gasteiger partial charge in [-0.25, -0.2) is 0 Å². The lowest BCUT2D eigenvalue weighted by atomic mass is 9.65. The van der Waals surface area contributed by atoms with Crippen LogP contribution < -0.4 is 11.1 Å². The van der Waals surface area contributed by atoms with Crippen molar-refractivity contribution in [3.8, 4) is 0 Å². The zero-order valence-corrected chi connectivity index (χ0v) is 10.5. The molecule has 3 saturated carbocycles. The quantitative estimate of drug-likeness (QED) is 0.783. The Bertz CT molecular complexity index is 287. The summed E-state index contributed by atoms with van der Waals surface area (Å²) < 4.78 is 0. The summed E-state index contributed by atoms with van der Waals surface area (Å²) in [5, 5.41) is 3.14. The Kier molecular flexibility index (Phi) is 3.12. The first-order chi connectivity index (χ1) is 8.24. The number of carbonyl (C=O) groups excluding carboxylic acids is 1. The zero-order chi connectivity index (χ0) is 11.8. The summed E-state index contributed by atoms with van der Waals surface area (Å²) >= 11 is 0. The third kappa shape index (κ3) is 2.49. The maximum Gasteiger partial charge on any atom is 0.223 e. The van der Waals surface area contributed by atoms with Crippen LogP contribution in [0.2, 0.25) is 0 Å². The van der Waals surface area contributed by atoms with Gasteiger partial charge in [-0.3, -0.25) is 4.79 Å². The monoisotopic (exact) mass is 236 g/mol. The molecule has 0 aliphatic heterocycles. The van der Waals surface area contributed by atoms with Crippen LogP contribution in [0.15, 0.2) is 0 Å². The van der Waals surface area contributed by atoms with E-state index in [1.54, 1.807) is 0 Å². The van der Waals surface area contributed by atoms with Gasteiger partial charge in [0.15, 0.2) is 0 Å². The fraction of sp³-hybridized carbons (Fsp3) is 0.929. The standard InChI is InChI=1S/C14H24N2O/c15-13-10-2-1-3-11(13)7-12(6-10)14(17)16-8-9-4-5-9/h9-13H,1-8,15H2,(H,16,17). The van der Waals surface area contributed by atoms with Crippen molar-refractivity contribution in [1.29, 1.82) is 0 Å². The molecule has 2 unspecified atom stereocenters. The average Bonchev–Trinajstić information content (AvgIpc) is 3.09. The van der Waals surface area contributed by atoms with Crippen molar-refractivity contribution >= 4 is 5.91 Å². The molecule has 2 atom stereocenters. The fourth-order valence-electron chi connectivity index (χ4n) is 3.71. The van der Waals surface area contributed by atoms with Gasteiger partial charge < -0.3 is 11.1 Å². The molecule has 0 aromatic rings. The molecule has 2 bridgehead atoms. The summed E-state index contributed by atoms with van der Waals surface area (Å²) in [5.74, 6) is 2.56. The highest BCUT2D eigenvalue weighted by molar-refractivity contribution is 5.78. The van der Waals surface area contributed by atoms with Gasteiger partial charge in [-0.1, -0.05) is 6.42 Å². The third-order valence-electron chi connectivity index (χ3n) is 5.05. The average molecular weight is 236 g/mol. The van der Waals surface area contributed by atoms with E-state index < -0.39 is 0 Å². The molecule has 0 aromatic carbocycles. The maximum absolute atomic E-state index is 12.1. The van der Waals surface area contributed by atoms with Crippen molar-refractivity contribution in [2.45, 2.75) is 51.0 Å². The van der Waals surface area contributed by atoms with Crippen LogP contribution in [0.4, 0.5) is 0 Å². The molecule has 3 fully saturated rings. The Morgan fingerprint density at radius 3 is 2.35 bits per heavy atom. The second-order valence-corrected chi connectivity index (χ2v) is 6.39. The van der Waals surface area contributed by atoms with Crippen LogP contribution in [0.5, 0.6) is 0 Å². The minimum atomic E-state index is 0.254. The first kappa shape index (κ1) is 11.5. The molecule has 3 aliphatic rings. The van der Waals surface area contributed by atoms with E-state index in [0.29, 0.717) is 23.8 Å². The Hall–Kier alpha value is -0.570. The largest absolute Gasteiger partial charge is 0.356 e. The molecule has 3 aliphatic carbocycles. The SMILES string of the molecule is NC1C2CCCC1CC(C(=O)NCC1CC1)C2. The van der Waals surface area contributed by atoms with Crippen LogP contribution >= 0.6 is 0 Å². The van der Waals surface area contributed by atoms with Gasteiger partial charge >= 0.3 is 0 Å². The number of nitrogens with two attached hydrogens (primary N) is 1. The molecule has 3 nitrogen and oxygen atoms in total. The van der Waals surface area contributed by atoms with Crippen LogP contribution in [0.25, 0.3) is 0 Å². The Balaban J connectivity index is 1.54. The predicted molar refractivity (Wildman–Crippen MR) is 67.3 cm³/mol. The Labute approximate surface area is 104 Å². The van der Waals surface area contributed by atoms with Crippen molar-refractivity contribution in [3.05, 3.63) is 0 Å². The normalized spacial score (nSPS) is 41.0. The van der Waals surface area contributed by atoms with Gasteiger partial charge in [0, 0.05) is 18.5 Å². The fourth-order valence-corrected chi connectivity index (χ4v) is 3.71. The minimum Gasteiger partial charge on any atom is -0.356 e. The minimum absolute atomic E-state index is 0.254. The molecule has 0 heterocycles. The number of hydrogen-bond donors (Lipinski definition) is 2. The third-order valence-corrected chi connectivity index (χ3v) is 5.05. The number of rotatable bonds is 3. The van der Waals surface area contributed by atoms with E-state index in [0.717, 1.165) is 25.3 Å². The van der Waals surface area contributed by atoms with Crippen LogP contribution in [-0.2, 0) is 4.79 Å². The maximum atomic E-state index is 12.1. The molecule has 96 valence electrons. The van der Waals surface area contributed by atoms with Crippen molar-refractivity contribution < 1.29 is 4.79 Å². The van der Waals surface area contributed by atoms with Gasteiger partial charge in [0.05, 0.1) is 0 Å². The molecule has 3 N–H and O–H groups in total. The van der Waals surface area contributed by atoms with E-state index >= 15 is 0 Å². The lowest BCUT2D eigenvalue weighted by Gasteiger charge is -2.43. The van der Waals surface area contributed by atoms with Gasteiger partial charge in [0.25, 0.3) is 0 Å². The van der Waals surface area contributed by atoms with Gasteiger partial charge in [0.1, 0.15) is 0 Å². The van der Waals surface area contributed by atoms with E-state index in [-0.39, 0.29) is 5.92 Å². The van der Waals surface area contributed by atoms with E-state index in [1.165, 1.54) is 32.1 Å². The Morgan fingerprint density at radius 2 is 1.76 bits per heavy atom. The summed E-state index contributed by atoms with van der Waals surface area (Å²) in [7, 11) is 0. The highest BCUT2D eigenvalue weighted by Gasteiger charge is 2.40. The topological polar surface area (TPSA) is 55.1 Å². The Morgan fingerprint density at radius 1 is 1.12 bits per heavy atom. The van der Waals surface area contributed by atoms with Crippen LogP contribution in [0, 0.1) is 23.7 Å².